The van der Waals surface area contributed by atoms with Crippen molar-refractivity contribution >= 4 is 11.8 Å². The summed E-state index contributed by atoms with van der Waals surface area (Å²) in [7, 11) is 0. The highest BCUT2D eigenvalue weighted by molar-refractivity contribution is 5.87. The molecule has 3 heterocycles. The Hall–Kier alpha value is -2.62. The molecule has 0 aromatic heterocycles. The minimum Gasteiger partial charge on any atom is -0.331 e. The SMILES string of the molecule is CC1CC2C(C)C(=O)N3C(CC(C)C3c3ccccc3)C(C)C(=O)N2C1c1ccccc1. The summed E-state index contributed by atoms with van der Waals surface area (Å²) in [5.74, 6) is 0.659. The molecule has 2 amide bonds. The van der Waals surface area contributed by atoms with E-state index in [1.54, 1.807) is 0 Å². The van der Waals surface area contributed by atoms with Gasteiger partial charge in [0.15, 0.2) is 0 Å². The molecule has 0 radical (unpaired) electrons. The zero-order valence-electron chi connectivity index (χ0n) is 19.5. The molecule has 8 unspecified atom stereocenters. The fraction of sp³-hybridized carbons (Fsp3) is 0.500. The van der Waals surface area contributed by atoms with E-state index in [0.29, 0.717) is 11.8 Å². The van der Waals surface area contributed by atoms with Crippen LogP contribution in [0, 0.1) is 23.7 Å². The second-order valence-corrected chi connectivity index (χ2v) is 10.3. The highest BCUT2D eigenvalue weighted by Gasteiger charge is 2.55. The second-order valence-electron chi connectivity index (χ2n) is 10.3. The van der Waals surface area contributed by atoms with Gasteiger partial charge in [0.05, 0.1) is 23.9 Å². The van der Waals surface area contributed by atoms with E-state index in [2.05, 4.69) is 47.9 Å². The molecule has 0 aliphatic carbocycles. The molecule has 3 aliphatic heterocycles. The first kappa shape index (κ1) is 21.2. The van der Waals surface area contributed by atoms with Crippen molar-refractivity contribution in [2.75, 3.05) is 0 Å². The van der Waals surface area contributed by atoms with Gasteiger partial charge in [-0.3, -0.25) is 9.59 Å². The highest BCUT2D eigenvalue weighted by atomic mass is 16.2. The molecule has 2 aromatic rings. The molecule has 0 N–H and O–H groups in total. The summed E-state index contributed by atoms with van der Waals surface area (Å²) in [5.41, 5.74) is 2.36. The number of rotatable bonds is 2. The van der Waals surface area contributed by atoms with Gasteiger partial charge in [-0.2, -0.15) is 0 Å². The monoisotopic (exact) mass is 430 g/mol. The third-order valence-electron chi connectivity index (χ3n) is 8.34. The number of fused-ring (bicyclic) bond motifs is 2. The van der Waals surface area contributed by atoms with E-state index in [-0.39, 0.29) is 47.8 Å². The molecule has 32 heavy (non-hydrogen) atoms. The Morgan fingerprint density at radius 2 is 0.938 bits per heavy atom. The lowest BCUT2D eigenvalue weighted by atomic mass is 9.89. The van der Waals surface area contributed by atoms with Gasteiger partial charge in [0.25, 0.3) is 0 Å². The smallest absolute Gasteiger partial charge is 0.228 e. The van der Waals surface area contributed by atoms with E-state index in [4.69, 9.17) is 0 Å². The van der Waals surface area contributed by atoms with Crippen LogP contribution in [-0.2, 0) is 9.59 Å². The molecule has 4 heteroatoms. The average molecular weight is 431 g/mol. The van der Waals surface area contributed by atoms with Crippen LogP contribution in [0.15, 0.2) is 60.7 Å². The molecule has 0 spiro atoms. The Morgan fingerprint density at radius 1 is 0.594 bits per heavy atom. The summed E-state index contributed by atoms with van der Waals surface area (Å²) in [4.78, 5) is 32.3. The van der Waals surface area contributed by atoms with Gasteiger partial charge < -0.3 is 9.80 Å². The highest BCUT2D eigenvalue weighted by Crippen LogP contribution is 2.50. The first-order chi connectivity index (χ1) is 15.4. The van der Waals surface area contributed by atoms with Crippen LogP contribution in [0.2, 0.25) is 0 Å². The quantitative estimate of drug-likeness (QED) is 0.655. The zero-order valence-corrected chi connectivity index (χ0v) is 19.5. The molecule has 0 saturated carbocycles. The largest absolute Gasteiger partial charge is 0.331 e. The standard InChI is InChI=1S/C28H34N2O2/c1-17-15-23-19(3)28(32)30-24(16-18(2)26(30)22-13-9-6-10-14-22)20(4)27(31)29(23)25(17)21-11-7-5-8-12-21/h5-14,17-20,23-26H,15-16H2,1-4H3. The van der Waals surface area contributed by atoms with Crippen LogP contribution in [0.4, 0.5) is 0 Å². The minimum absolute atomic E-state index is 0.0432. The first-order valence-electron chi connectivity index (χ1n) is 12.1. The molecular formula is C28H34N2O2. The summed E-state index contributed by atoms with van der Waals surface area (Å²) in [5, 5.41) is 0. The van der Waals surface area contributed by atoms with E-state index in [1.165, 1.54) is 11.1 Å². The minimum atomic E-state index is -0.207. The number of benzene rings is 2. The summed E-state index contributed by atoms with van der Waals surface area (Å²) >= 11 is 0. The summed E-state index contributed by atoms with van der Waals surface area (Å²) < 4.78 is 0. The van der Waals surface area contributed by atoms with Crippen molar-refractivity contribution in [1.29, 1.82) is 0 Å². The summed E-state index contributed by atoms with van der Waals surface area (Å²) in [6, 6.07) is 20.7. The van der Waals surface area contributed by atoms with Crippen molar-refractivity contribution in [3.05, 3.63) is 71.8 Å². The van der Waals surface area contributed by atoms with Gasteiger partial charge in [-0.1, -0.05) is 88.4 Å². The summed E-state index contributed by atoms with van der Waals surface area (Å²) in [6.07, 6.45) is 1.74. The number of carbonyl (C=O) groups is 2. The van der Waals surface area contributed by atoms with Crippen molar-refractivity contribution in [3.8, 4) is 0 Å². The van der Waals surface area contributed by atoms with Crippen LogP contribution in [0.5, 0.6) is 0 Å². The van der Waals surface area contributed by atoms with Gasteiger partial charge in [-0.25, -0.2) is 0 Å². The molecule has 3 saturated heterocycles. The Balaban J connectivity index is 1.56. The van der Waals surface area contributed by atoms with Crippen LogP contribution < -0.4 is 0 Å². The van der Waals surface area contributed by atoms with Gasteiger partial charge in [0.2, 0.25) is 11.8 Å². The normalized spacial score (nSPS) is 37.1. The van der Waals surface area contributed by atoms with E-state index < -0.39 is 0 Å². The van der Waals surface area contributed by atoms with Crippen molar-refractivity contribution in [3.63, 3.8) is 0 Å². The van der Waals surface area contributed by atoms with Crippen LogP contribution >= 0.6 is 0 Å². The van der Waals surface area contributed by atoms with Crippen molar-refractivity contribution < 1.29 is 9.59 Å². The number of nitrogens with zero attached hydrogens (tertiary/aromatic N) is 2. The van der Waals surface area contributed by atoms with Crippen molar-refractivity contribution in [2.45, 2.75) is 64.7 Å². The Kier molecular flexibility index (Phi) is 5.35. The Morgan fingerprint density at radius 3 is 1.28 bits per heavy atom. The van der Waals surface area contributed by atoms with Crippen LogP contribution in [0.3, 0.4) is 0 Å². The fourth-order valence-corrected chi connectivity index (χ4v) is 6.78. The van der Waals surface area contributed by atoms with Crippen molar-refractivity contribution in [1.82, 2.24) is 9.80 Å². The van der Waals surface area contributed by atoms with E-state index in [1.807, 2.05) is 50.2 Å². The fourth-order valence-electron chi connectivity index (χ4n) is 6.78. The third-order valence-corrected chi connectivity index (χ3v) is 8.34. The molecular weight excluding hydrogens is 396 g/mol. The maximum atomic E-state index is 14.0. The van der Waals surface area contributed by atoms with Crippen LogP contribution in [-0.4, -0.2) is 33.7 Å². The Bertz CT molecular complexity index is 910. The molecule has 8 atom stereocenters. The van der Waals surface area contributed by atoms with Crippen molar-refractivity contribution in [2.24, 2.45) is 23.7 Å². The maximum absolute atomic E-state index is 14.0. The first-order valence-corrected chi connectivity index (χ1v) is 12.1. The molecule has 2 aromatic carbocycles. The van der Waals surface area contributed by atoms with Gasteiger partial charge in [-0.05, 0) is 35.8 Å². The topological polar surface area (TPSA) is 40.6 Å². The number of hydrogen-bond acceptors (Lipinski definition) is 2. The van der Waals surface area contributed by atoms with E-state index >= 15 is 0 Å². The van der Waals surface area contributed by atoms with Crippen LogP contribution in [0.25, 0.3) is 0 Å². The number of hydrogen-bond donors (Lipinski definition) is 0. The maximum Gasteiger partial charge on any atom is 0.228 e. The molecule has 3 fully saturated rings. The van der Waals surface area contributed by atoms with Gasteiger partial charge in [0, 0.05) is 12.1 Å². The number of amides is 2. The third kappa shape index (κ3) is 3.18. The lowest BCUT2D eigenvalue weighted by Gasteiger charge is -2.44. The molecule has 3 aliphatic rings. The molecule has 4 nitrogen and oxygen atoms in total. The second kappa shape index (κ2) is 8.06. The van der Waals surface area contributed by atoms with Gasteiger partial charge >= 0.3 is 0 Å². The zero-order chi connectivity index (χ0) is 22.6. The van der Waals surface area contributed by atoms with Gasteiger partial charge in [0.1, 0.15) is 0 Å². The number of carbonyl (C=O) groups excluding carboxylic acids is 2. The molecule has 168 valence electrons. The Labute approximate surface area is 191 Å². The van der Waals surface area contributed by atoms with E-state index in [0.717, 1.165) is 12.8 Å². The average Bonchev–Trinajstić information content (AvgIpc) is 3.34. The predicted octanol–water partition coefficient (Wildman–Crippen LogP) is 5.23. The molecule has 0 bridgehead atoms. The lowest BCUT2D eigenvalue weighted by Crippen LogP contribution is -2.56. The van der Waals surface area contributed by atoms with Gasteiger partial charge in [-0.15, -0.1) is 0 Å². The molecule has 5 rings (SSSR count). The lowest BCUT2D eigenvalue weighted by molar-refractivity contribution is -0.154. The van der Waals surface area contributed by atoms with E-state index in [9.17, 15) is 9.59 Å². The van der Waals surface area contributed by atoms with Crippen LogP contribution in [0.1, 0.15) is 63.7 Å². The predicted molar refractivity (Wildman–Crippen MR) is 126 cm³/mol. The summed E-state index contributed by atoms with van der Waals surface area (Å²) in [6.45, 7) is 8.55.